The Labute approximate surface area is 124 Å². The van der Waals surface area contributed by atoms with Crippen LogP contribution in [0.1, 0.15) is 20.3 Å². The predicted octanol–water partition coefficient (Wildman–Crippen LogP) is 3.29. The molecule has 1 rings (SSSR count). The lowest BCUT2D eigenvalue weighted by Gasteiger charge is -2.18. The van der Waals surface area contributed by atoms with Gasteiger partial charge in [0.15, 0.2) is 0 Å². The topological polar surface area (TPSA) is 64.3 Å². The van der Waals surface area contributed by atoms with Crippen molar-refractivity contribution in [1.82, 2.24) is 0 Å². The van der Waals surface area contributed by atoms with Crippen molar-refractivity contribution >= 4 is 43.5 Å². The first-order valence-corrected chi connectivity index (χ1v) is 6.93. The smallest absolute Gasteiger partial charge is 0.226 e. The second-order valence-corrected chi connectivity index (χ2v) is 6.39. The lowest BCUT2D eigenvalue weighted by atomic mass is 10.0. The molecule has 18 heavy (non-hydrogen) atoms. The van der Waals surface area contributed by atoms with Gasteiger partial charge in [0.05, 0.1) is 17.3 Å². The van der Waals surface area contributed by atoms with E-state index in [-0.39, 0.29) is 12.3 Å². The molecule has 0 radical (unpaired) electrons. The summed E-state index contributed by atoms with van der Waals surface area (Å²) >= 11 is 6.76. The van der Waals surface area contributed by atoms with Crippen molar-refractivity contribution in [1.29, 1.82) is 0 Å². The largest absolute Gasteiger partial charge is 0.495 e. The Kier molecular flexibility index (Phi) is 5.19. The molecule has 3 N–H and O–H groups in total. The highest BCUT2D eigenvalue weighted by Crippen LogP contribution is 2.34. The first kappa shape index (κ1) is 15.5. The number of nitrogens with one attached hydrogen (secondary N) is 1. The zero-order chi connectivity index (χ0) is 13.9. The number of carbonyl (C=O) groups is 1. The van der Waals surface area contributed by atoms with Crippen LogP contribution in [0.15, 0.2) is 21.1 Å². The first-order valence-electron chi connectivity index (χ1n) is 5.34. The first-order chi connectivity index (χ1) is 8.23. The van der Waals surface area contributed by atoms with Crippen molar-refractivity contribution < 1.29 is 9.53 Å². The average Bonchev–Trinajstić information content (AvgIpc) is 2.19. The summed E-state index contributed by atoms with van der Waals surface area (Å²) in [5.74, 6) is 0.521. The molecule has 0 unspecified atom stereocenters. The summed E-state index contributed by atoms with van der Waals surface area (Å²) in [6.07, 6.45) is 0.248. The van der Waals surface area contributed by atoms with E-state index in [4.69, 9.17) is 10.5 Å². The lowest BCUT2D eigenvalue weighted by Crippen LogP contribution is -2.36. The van der Waals surface area contributed by atoms with Crippen LogP contribution in [0.5, 0.6) is 5.75 Å². The van der Waals surface area contributed by atoms with Crippen LogP contribution in [-0.2, 0) is 4.79 Å². The second-order valence-electron chi connectivity index (χ2n) is 4.68. The van der Waals surface area contributed by atoms with E-state index >= 15 is 0 Å². The molecule has 0 aliphatic heterocycles. The molecule has 0 aliphatic rings. The fraction of sp³-hybridized carbons (Fsp3) is 0.417. The number of benzene rings is 1. The van der Waals surface area contributed by atoms with E-state index in [0.717, 1.165) is 8.95 Å². The minimum Gasteiger partial charge on any atom is -0.495 e. The molecule has 0 spiro atoms. The molecular weight excluding hydrogens is 364 g/mol. The van der Waals surface area contributed by atoms with Gasteiger partial charge in [-0.2, -0.15) is 0 Å². The number of anilines is 1. The van der Waals surface area contributed by atoms with E-state index in [0.29, 0.717) is 11.4 Å². The number of hydrogen-bond donors (Lipinski definition) is 2. The molecule has 0 atom stereocenters. The molecule has 0 aromatic heterocycles. The maximum Gasteiger partial charge on any atom is 0.226 e. The average molecular weight is 380 g/mol. The molecule has 0 bridgehead atoms. The molecular formula is C12H16Br2N2O2. The number of methoxy groups -OCH3 is 1. The summed E-state index contributed by atoms with van der Waals surface area (Å²) in [6, 6.07) is 3.57. The fourth-order valence-electron chi connectivity index (χ4n) is 1.39. The van der Waals surface area contributed by atoms with E-state index in [1.807, 2.05) is 19.9 Å². The van der Waals surface area contributed by atoms with Crippen molar-refractivity contribution in [2.45, 2.75) is 25.8 Å². The van der Waals surface area contributed by atoms with Crippen molar-refractivity contribution in [3.63, 3.8) is 0 Å². The van der Waals surface area contributed by atoms with E-state index in [9.17, 15) is 4.79 Å². The van der Waals surface area contributed by atoms with Crippen LogP contribution in [0.3, 0.4) is 0 Å². The third-order valence-corrected chi connectivity index (χ3v) is 3.41. The minimum atomic E-state index is -0.532. The molecule has 6 heteroatoms. The van der Waals surface area contributed by atoms with Gasteiger partial charge in [0, 0.05) is 22.5 Å². The Balaban J connectivity index is 2.88. The van der Waals surface area contributed by atoms with Gasteiger partial charge in [-0.15, -0.1) is 0 Å². The van der Waals surface area contributed by atoms with E-state index < -0.39 is 5.54 Å². The number of hydrogen-bond acceptors (Lipinski definition) is 3. The summed E-state index contributed by atoms with van der Waals surface area (Å²) in [6.45, 7) is 3.62. The van der Waals surface area contributed by atoms with Crippen LogP contribution in [0, 0.1) is 0 Å². The zero-order valence-corrected chi connectivity index (χ0v) is 13.7. The monoisotopic (exact) mass is 378 g/mol. The third kappa shape index (κ3) is 4.59. The summed E-state index contributed by atoms with van der Waals surface area (Å²) in [7, 11) is 1.57. The molecule has 0 saturated carbocycles. The number of halogens is 2. The Bertz CT molecular complexity index is 456. The normalized spacial score (nSPS) is 11.2. The minimum absolute atomic E-state index is 0.132. The highest BCUT2D eigenvalue weighted by Gasteiger charge is 2.17. The van der Waals surface area contributed by atoms with Crippen LogP contribution in [0.4, 0.5) is 5.69 Å². The van der Waals surface area contributed by atoms with Gasteiger partial charge < -0.3 is 15.8 Å². The van der Waals surface area contributed by atoms with Crippen LogP contribution in [0.25, 0.3) is 0 Å². The molecule has 0 fully saturated rings. The van der Waals surface area contributed by atoms with E-state index in [1.165, 1.54) is 0 Å². The lowest BCUT2D eigenvalue weighted by molar-refractivity contribution is -0.117. The summed E-state index contributed by atoms with van der Waals surface area (Å²) in [5.41, 5.74) is 5.93. The van der Waals surface area contributed by atoms with Gasteiger partial charge >= 0.3 is 0 Å². The van der Waals surface area contributed by atoms with E-state index in [2.05, 4.69) is 37.2 Å². The van der Waals surface area contributed by atoms with Gasteiger partial charge in [0.2, 0.25) is 5.91 Å². The van der Waals surface area contributed by atoms with Crippen LogP contribution < -0.4 is 15.8 Å². The maximum atomic E-state index is 11.8. The molecule has 0 heterocycles. The van der Waals surface area contributed by atoms with Gasteiger partial charge in [-0.25, -0.2) is 0 Å². The van der Waals surface area contributed by atoms with Crippen LogP contribution in [0.2, 0.25) is 0 Å². The summed E-state index contributed by atoms with van der Waals surface area (Å²) < 4.78 is 6.77. The zero-order valence-electron chi connectivity index (χ0n) is 10.5. The Morgan fingerprint density at radius 1 is 1.39 bits per heavy atom. The maximum absolute atomic E-state index is 11.8. The van der Waals surface area contributed by atoms with Crippen molar-refractivity contribution in [3.05, 3.63) is 21.1 Å². The quantitative estimate of drug-likeness (QED) is 0.843. The van der Waals surface area contributed by atoms with Crippen molar-refractivity contribution in [2.24, 2.45) is 5.73 Å². The van der Waals surface area contributed by atoms with Crippen LogP contribution in [-0.4, -0.2) is 18.6 Å². The number of nitrogens with two attached hydrogens (primary N) is 1. The summed E-state index contributed by atoms with van der Waals surface area (Å²) in [4.78, 5) is 11.8. The van der Waals surface area contributed by atoms with Gasteiger partial charge in [-0.1, -0.05) is 0 Å². The molecule has 1 amide bonds. The van der Waals surface area contributed by atoms with Gasteiger partial charge in [-0.3, -0.25) is 4.79 Å². The number of amides is 1. The Morgan fingerprint density at radius 3 is 2.50 bits per heavy atom. The number of ether oxygens (including phenoxy) is 1. The SMILES string of the molecule is COc1cc(NC(=O)CC(C)(C)N)c(Br)cc1Br. The number of rotatable bonds is 4. The fourth-order valence-corrected chi connectivity index (χ4v) is 2.64. The molecule has 1 aromatic carbocycles. The standard InChI is InChI=1S/C12H16Br2N2O2/c1-12(2,15)6-11(17)16-9-5-10(18-3)8(14)4-7(9)13/h4-5H,6,15H2,1-3H3,(H,16,17). The second kappa shape index (κ2) is 6.04. The molecule has 100 valence electrons. The van der Waals surface area contributed by atoms with Gasteiger partial charge in [-0.05, 0) is 51.8 Å². The van der Waals surface area contributed by atoms with Crippen molar-refractivity contribution in [2.75, 3.05) is 12.4 Å². The highest BCUT2D eigenvalue weighted by molar-refractivity contribution is 9.11. The van der Waals surface area contributed by atoms with Crippen LogP contribution >= 0.6 is 31.9 Å². The third-order valence-electron chi connectivity index (χ3n) is 2.13. The summed E-state index contributed by atoms with van der Waals surface area (Å²) in [5, 5.41) is 2.80. The predicted molar refractivity (Wildman–Crippen MR) is 79.9 cm³/mol. The van der Waals surface area contributed by atoms with Gasteiger partial charge in [0.1, 0.15) is 5.75 Å². The number of carbonyl (C=O) groups excluding carboxylic acids is 1. The molecule has 4 nitrogen and oxygen atoms in total. The Hall–Kier alpha value is -0.590. The van der Waals surface area contributed by atoms with E-state index in [1.54, 1.807) is 13.2 Å². The van der Waals surface area contributed by atoms with Crippen molar-refractivity contribution in [3.8, 4) is 5.75 Å². The molecule has 0 aliphatic carbocycles. The molecule has 1 aromatic rings. The molecule has 0 saturated heterocycles. The Morgan fingerprint density at radius 2 is 2.00 bits per heavy atom. The van der Waals surface area contributed by atoms with Gasteiger partial charge in [0.25, 0.3) is 0 Å². The highest BCUT2D eigenvalue weighted by atomic mass is 79.9.